The van der Waals surface area contributed by atoms with Crippen molar-refractivity contribution >= 4 is 41.2 Å². The number of imide groups is 1. The van der Waals surface area contributed by atoms with Gasteiger partial charge in [-0.15, -0.1) is 0 Å². The van der Waals surface area contributed by atoms with Gasteiger partial charge in [0.1, 0.15) is 12.3 Å². The molecule has 5 nitrogen and oxygen atoms in total. The van der Waals surface area contributed by atoms with Crippen molar-refractivity contribution in [3.8, 4) is 5.75 Å². The fourth-order valence-electron chi connectivity index (χ4n) is 2.78. The molecule has 3 amide bonds. The number of likely N-dealkylation sites (N-methyl/N-ethyl adjacent to an activating group) is 1. The summed E-state index contributed by atoms with van der Waals surface area (Å²) in [6.07, 6.45) is 1.54. The van der Waals surface area contributed by atoms with Crippen LogP contribution < -0.4 is 10.1 Å². The third-order valence-electron chi connectivity index (χ3n) is 4.08. The van der Waals surface area contributed by atoms with E-state index in [9.17, 15) is 9.59 Å². The molecule has 0 saturated carbocycles. The number of nitrogens with one attached hydrogen (secondary N) is 1. The highest BCUT2D eigenvalue weighted by Crippen LogP contribution is 2.35. The maximum atomic E-state index is 12.2. The van der Waals surface area contributed by atoms with Crippen molar-refractivity contribution in [3.05, 3.63) is 68.8 Å². The molecule has 7 heteroatoms. The minimum absolute atomic E-state index is 0.183. The van der Waals surface area contributed by atoms with Crippen LogP contribution in [0.25, 0.3) is 6.08 Å². The van der Waals surface area contributed by atoms with Crippen LogP contribution in [0.1, 0.15) is 23.6 Å². The SMILES string of the molecule is CCN1C(=O)N/C(=C/c2cc(Cl)c(OCc3cccc(C)c3)c(Cl)c2)C1=O. The van der Waals surface area contributed by atoms with Gasteiger partial charge in [0.15, 0.2) is 5.75 Å². The van der Waals surface area contributed by atoms with Crippen molar-refractivity contribution in [2.24, 2.45) is 0 Å². The van der Waals surface area contributed by atoms with E-state index >= 15 is 0 Å². The lowest BCUT2D eigenvalue weighted by Crippen LogP contribution is -2.30. The summed E-state index contributed by atoms with van der Waals surface area (Å²) >= 11 is 12.6. The van der Waals surface area contributed by atoms with E-state index in [4.69, 9.17) is 27.9 Å². The molecule has 0 atom stereocenters. The molecule has 27 heavy (non-hydrogen) atoms. The zero-order valence-corrected chi connectivity index (χ0v) is 16.4. The normalized spacial score (nSPS) is 15.4. The van der Waals surface area contributed by atoms with Crippen molar-refractivity contribution in [1.82, 2.24) is 10.2 Å². The number of carbonyl (C=O) groups excluding carboxylic acids is 2. The lowest BCUT2D eigenvalue weighted by Gasteiger charge is -2.11. The molecule has 1 fully saturated rings. The molecule has 1 aliphatic rings. The Morgan fingerprint density at radius 1 is 1.15 bits per heavy atom. The fraction of sp³-hybridized carbons (Fsp3) is 0.200. The minimum Gasteiger partial charge on any atom is -0.486 e. The molecule has 1 saturated heterocycles. The third kappa shape index (κ3) is 4.26. The number of rotatable bonds is 5. The largest absolute Gasteiger partial charge is 0.486 e. The summed E-state index contributed by atoms with van der Waals surface area (Å²) in [6.45, 7) is 4.37. The number of halogens is 2. The van der Waals surface area contributed by atoms with Gasteiger partial charge >= 0.3 is 6.03 Å². The van der Waals surface area contributed by atoms with E-state index in [1.54, 1.807) is 19.1 Å². The van der Waals surface area contributed by atoms with Gasteiger partial charge < -0.3 is 10.1 Å². The molecule has 1 aliphatic heterocycles. The predicted octanol–water partition coefficient (Wildman–Crippen LogP) is 4.79. The van der Waals surface area contributed by atoms with Crippen LogP contribution >= 0.6 is 23.2 Å². The van der Waals surface area contributed by atoms with Crippen molar-refractivity contribution in [2.75, 3.05) is 6.54 Å². The Bertz CT molecular complexity index is 918. The molecule has 0 aliphatic carbocycles. The third-order valence-corrected chi connectivity index (χ3v) is 4.64. The van der Waals surface area contributed by atoms with E-state index in [2.05, 4.69) is 5.32 Å². The monoisotopic (exact) mass is 404 g/mol. The smallest absolute Gasteiger partial charge is 0.328 e. The number of hydrogen-bond acceptors (Lipinski definition) is 3. The molecule has 2 aromatic carbocycles. The van der Waals surface area contributed by atoms with Crippen LogP contribution in [0.15, 0.2) is 42.1 Å². The van der Waals surface area contributed by atoms with Gasteiger partial charge in [0.2, 0.25) is 0 Å². The number of aryl methyl sites for hydroxylation is 1. The zero-order chi connectivity index (χ0) is 19.6. The van der Waals surface area contributed by atoms with Crippen LogP contribution in [-0.4, -0.2) is 23.4 Å². The first-order valence-corrected chi connectivity index (χ1v) is 9.16. The number of nitrogens with zero attached hydrogens (tertiary/aromatic N) is 1. The van der Waals surface area contributed by atoms with Gasteiger partial charge in [0.25, 0.3) is 5.91 Å². The van der Waals surface area contributed by atoms with Crippen LogP contribution in [0.2, 0.25) is 10.0 Å². The molecular formula is C20H18Cl2N2O3. The molecule has 1 heterocycles. The first kappa shape index (κ1) is 19.3. The molecule has 3 rings (SSSR count). The van der Waals surface area contributed by atoms with Gasteiger partial charge in [0.05, 0.1) is 10.0 Å². The first-order valence-electron chi connectivity index (χ1n) is 8.41. The quantitative estimate of drug-likeness (QED) is 0.575. The number of hydrogen-bond donors (Lipinski definition) is 1. The maximum Gasteiger partial charge on any atom is 0.328 e. The second-order valence-corrected chi connectivity index (χ2v) is 6.94. The van der Waals surface area contributed by atoms with E-state index in [1.807, 2.05) is 31.2 Å². The molecule has 0 aromatic heterocycles. The summed E-state index contributed by atoms with van der Waals surface area (Å²) in [5.41, 5.74) is 2.92. The number of ether oxygens (including phenoxy) is 1. The zero-order valence-electron chi connectivity index (χ0n) is 14.9. The highest BCUT2D eigenvalue weighted by Gasteiger charge is 2.32. The molecule has 0 radical (unpaired) electrons. The number of amides is 3. The van der Waals surface area contributed by atoms with Crippen LogP contribution in [0.4, 0.5) is 4.79 Å². The Labute approximate surface area is 167 Å². The minimum atomic E-state index is -0.441. The maximum absolute atomic E-state index is 12.2. The Hall–Kier alpha value is -2.50. The van der Waals surface area contributed by atoms with Crippen molar-refractivity contribution in [3.63, 3.8) is 0 Å². The van der Waals surface area contributed by atoms with Crippen molar-refractivity contribution in [1.29, 1.82) is 0 Å². The Morgan fingerprint density at radius 2 is 1.85 bits per heavy atom. The second-order valence-electron chi connectivity index (χ2n) is 6.13. The van der Waals surface area contributed by atoms with Gasteiger partial charge in [-0.05, 0) is 43.2 Å². The van der Waals surface area contributed by atoms with Gasteiger partial charge in [-0.1, -0.05) is 53.0 Å². The van der Waals surface area contributed by atoms with E-state index in [0.29, 0.717) is 34.5 Å². The van der Waals surface area contributed by atoms with Crippen LogP contribution in [0, 0.1) is 6.92 Å². The Morgan fingerprint density at radius 3 is 2.44 bits per heavy atom. The molecule has 0 bridgehead atoms. The topological polar surface area (TPSA) is 58.6 Å². The Balaban J connectivity index is 1.80. The summed E-state index contributed by atoms with van der Waals surface area (Å²) in [5.74, 6) is -0.00604. The molecular weight excluding hydrogens is 387 g/mol. The van der Waals surface area contributed by atoms with Gasteiger partial charge in [0, 0.05) is 6.54 Å². The first-order chi connectivity index (χ1) is 12.9. The van der Waals surface area contributed by atoms with E-state index in [1.165, 1.54) is 6.08 Å². The van der Waals surface area contributed by atoms with Crippen LogP contribution in [-0.2, 0) is 11.4 Å². The predicted molar refractivity (Wildman–Crippen MR) is 106 cm³/mol. The van der Waals surface area contributed by atoms with Crippen molar-refractivity contribution in [2.45, 2.75) is 20.5 Å². The average Bonchev–Trinajstić information content (AvgIpc) is 2.87. The van der Waals surface area contributed by atoms with Crippen LogP contribution in [0.5, 0.6) is 5.75 Å². The molecule has 1 N–H and O–H groups in total. The molecule has 0 unspecified atom stereocenters. The highest BCUT2D eigenvalue weighted by molar-refractivity contribution is 6.37. The van der Waals surface area contributed by atoms with Crippen LogP contribution in [0.3, 0.4) is 0 Å². The van der Waals surface area contributed by atoms with Gasteiger partial charge in [-0.3, -0.25) is 9.69 Å². The molecule has 140 valence electrons. The summed E-state index contributed by atoms with van der Waals surface area (Å²) in [7, 11) is 0. The molecule has 2 aromatic rings. The van der Waals surface area contributed by atoms with Gasteiger partial charge in [-0.25, -0.2) is 4.79 Å². The average molecular weight is 405 g/mol. The van der Waals surface area contributed by atoms with Gasteiger partial charge in [-0.2, -0.15) is 0 Å². The fourth-order valence-corrected chi connectivity index (χ4v) is 3.40. The highest BCUT2D eigenvalue weighted by atomic mass is 35.5. The molecule has 0 spiro atoms. The van der Waals surface area contributed by atoms with E-state index < -0.39 is 6.03 Å². The Kier molecular flexibility index (Phi) is 5.73. The lowest BCUT2D eigenvalue weighted by molar-refractivity contribution is -0.122. The summed E-state index contributed by atoms with van der Waals surface area (Å²) in [5, 5.41) is 3.19. The number of carbonyl (C=O) groups is 2. The lowest BCUT2D eigenvalue weighted by atomic mass is 10.1. The number of benzene rings is 2. The summed E-state index contributed by atoms with van der Waals surface area (Å²) in [4.78, 5) is 25.0. The standard InChI is InChI=1S/C20H18Cl2N2O3/c1-3-24-19(25)17(23-20(24)26)10-14-8-15(21)18(16(22)9-14)27-11-13-6-4-5-12(2)7-13/h4-10H,3,11H2,1-2H3,(H,23,26)/b17-10+. The van der Waals surface area contributed by atoms with E-state index in [0.717, 1.165) is 16.0 Å². The van der Waals surface area contributed by atoms with Crippen molar-refractivity contribution < 1.29 is 14.3 Å². The summed E-state index contributed by atoms with van der Waals surface area (Å²) in [6, 6.07) is 10.8. The summed E-state index contributed by atoms with van der Waals surface area (Å²) < 4.78 is 5.78. The van der Waals surface area contributed by atoms with E-state index in [-0.39, 0.29) is 11.6 Å². The second kappa shape index (κ2) is 8.03. The number of urea groups is 1.